The summed E-state index contributed by atoms with van der Waals surface area (Å²) in [5.74, 6) is -0.532. The van der Waals surface area contributed by atoms with Crippen LogP contribution in [0.3, 0.4) is 0 Å². The van der Waals surface area contributed by atoms with E-state index in [1.165, 1.54) is 0 Å². The zero-order valence-electron chi connectivity index (χ0n) is 12.6. The van der Waals surface area contributed by atoms with E-state index in [4.69, 9.17) is 0 Å². The summed E-state index contributed by atoms with van der Waals surface area (Å²) in [6.07, 6.45) is 2.10. The van der Waals surface area contributed by atoms with Crippen LogP contribution in [0.5, 0.6) is 0 Å². The first-order valence-corrected chi connectivity index (χ1v) is 6.94. The zero-order chi connectivity index (χ0) is 14.8. The molecule has 1 aliphatic heterocycles. The van der Waals surface area contributed by atoms with E-state index in [9.17, 15) is 14.7 Å². The largest absolute Gasteiger partial charge is 0.480 e. The lowest BCUT2D eigenvalue weighted by Crippen LogP contribution is -2.57. The van der Waals surface area contributed by atoms with E-state index >= 15 is 0 Å². The smallest absolute Gasteiger partial charge is 0.326 e. The lowest BCUT2D eigenvalue weighted by Gasteiger charge is -2.39. The van der Waals surface area contributed by atoms with Crippen LogP contribution in [0.2, 0.25) is 0 Å². The number of urea groups is 1. The van der Waals surface area contributed by atoms with Gasteiger partial charge in [0.1, 0.15) is 6.04 Å². The Morgan fingerprint density at radius 2 is 1.89 bits per heavy atom. The molecule has 1 saturated heterocycles. The molecule has 2 amide bonds. The number of carbonyl (C=O) groups excluding carboxylic acids is 1. The van der Waals surface area contributed by atoms with Gasteiger partial charge < -0.3 is 15.3 Å². The highest BCUT2D eigenvalue weighted by molar-refractivity contribution is 5.83. The van der Waals surface area contributed by atoms with Gasteiger partial charge in [0.15, 0.2) is 0 Å². The van der Waals surface area contributed by atoms with Crippen molar-refractivity contribution in [3.63, 3.8) is 0 Å². The van der Waals surface area contributed by atoms with Gasteiger partial charge in [-0.25, -0.2) is 9.59 Å². The van der Waals surface area contributed by atoms with Gasteiger partial charge >= 0.3 is 12.0 Å². The number of aliphatic carboxylic acids is 1. The van der Waals surface area contributed by atoms with Crippen molar-refractivity contribution in [2.75, 3.05) is 6.54 Å². The van der Waals surface area contributed by atoms with E-state index in [-0.39, 0.29) is 12.1 Å². The second-order valence-corrected chi connectivity index (χ2v) is 6.64. The lowest BCUT2D eigenvalue weighted by molar-refractivity contribution is -0.142. The normalized spacial score (nSPS) is 25.8. The molecule has 0 aromatic heterocycles. The van der Waals surface area contributed by atoms with Crippen molar-refractivity contribution in [2.24, 2.45) is 11.3 Å². The van der Waals surface area contributed by atoms with E-state index in [0.717, 1.165) is 12.8 Å². The van der Waals surface area contributed by atoms with Crippen molar-refractivity contribution in [3.8, 4) is 0 Å². The van der Waals surface area contributed by atoms with Crippen LogP contribution in [-0.4, -0.2) is 40.6 Å². The van der Waals surface area contributed by atoms with E-state index in [0.29, 0.717) is 12.5 Å². The molecule has 0 aromatic rings. The Morgan fingerprint density at radius 1 is 1.32 bits per heavy atom. The molecule has 5 nitrogen and oxygen atoms in total. The number of piperidine rings is 1. The minimum atomic E-state index is -0.987. The summed E-state index contributed by atoms with van der Waals surface area (Å²) in [6.45, 7) is 10.3. The van der Waals surface area contributed by atoms with Crippen LogP contribution in [-0.2, 0) is 4.79 Å². The minimum absolute atomic E-state index is 0.156. The van der Waals surface area contributed by atoms with Gasteiger partial charge in [-0.05, 0) is 31.1 Å². The molecule has 0 spiro atoms. The van der Waals surface area contributed by atoms with Gasteiger partial charge in [-0.3, -0.25) is 0 Å². The summed E-state index contributed by atoms with van der Waals surface area (Å²) in [4.78, 5) is 25.3. The number of rotatable bonds is 2. The molecular weight excluding hydrogens is 244 g/mol. The third-order valence-corrected chi connectivity index (χ3v) is 4.02. The lowest BCUT2D eigenvalue weighted by atomic mass is 9.86. The first-order chi connectivity index (χ1) is 8.64. The molecule has 1 rings (SSSR count). The standard InChI is InChI=1S/C14H26N2O3/c1-9-7-6-8-16(10(9)2)13(19)15-11(12(17)18)14(3,4)5/h9-11H,6-8H2,1-5H3,(H,15,19)(H,17,18)/t9?,10?,11-/m1/s1. The Kier molecular flexibility index (Phi) is 4.82. The predicted octanol–water partition coefficient (Wildman–Crippen LogP) is 2.32. The van der Waals surface area contributed by atoms with Crippen LogP contribution in [0.4, 0.5) is 4.79 Å². The van der Waals surface area contributed by atoms with Crippen molar-refractivity contribution in [2.45, 2.75) is 59.5 Å². The number of nitrogens with zero attached hydrogens (tertiary/aromatic N) is 1. The molecule has 2 N–H and O–H groups in total. The van der Waals surface area contributed by atoms with Crippen molar-refractivity contribution in [1.29, 1.82) is 0 Å². The van der Waals surface area contributed by atoms with Crippen LogP contribution in [0.15, 0.2) is 0 Å². The predicted molar refractivity (Wildman–Crippen MR) is 74.0 cm³/mol. The molecule has 3 atom stereocenters. The highest BCUT2D eigenvalue weighted by Crippen LogP contribution is 2.24. The van der Waals surface area contributed by atoms with Crippen molar-refractivity contribution >= 4 is 12.0 Å². The molecule has 2 unspecified atom stereocenters. The quantitative estimate of drug-likeness (QED) is 0.809. The van der Waals surface area contributed by atoms with E-state index in [1.54, 1.807) is 4.90 Å². The number of carbonyl (C=O) groups is 2. The summed E-state index contributed by atoms with van der Waals surface area (Å²) in [5, 5.41) is 11.9. The molecule has 5 heteroatoms. The van der Waals surface area contributed by atoms with Crippen LogP contribution in [0.25, 0.3) is 0 Å². The van der Waals surface area contributed by atoms with Gasteiger partial charge in [0.25, 0.3) is 0 Å². The maximum atomic E-state index is 12.3. The summed E-state index contributed by atoms with van der Waals surface area (Å²) < 4.78 is 0. The molecule has 0 saturated carbocycles. The summed E-state index contributed by atoms with van der Waals surface area (Å²) >= 11 is 0. The number of hydrogen-bond acceptors (Lipinski definition) is 2. The van der Waals surface area contributed by atoms with Crippen LogP contribution in [0, 0.1) is 11.3 Å². The van der Waals surface area contributed by atoms with Gasteiger partial charge in [0.2, 0.25) is 0 Å². The van der Waals surface area contributed by atoms with Crippen LogP contribution < -0.4 is 5.32 Å². The molecular formula is C14H26N2O3. The van der Waals surface area contributed by atoms with Crippen LogP contribution in [0.1, 0.15) is 47.5 Å². The maximum absolute atomic E-state index is 12.3. The fraction of sp³-hybridized carbons (Fsp3) is 0.857. The molecule has 1 fully saturated rings. The fourth-order valence-electron chi connectivity index (χ4n) is 2.48. The molecule has 0 aliphatic carbocycles. The third-order valence-electron chi connectivity index (χ3n) is 4.02. The molecule has 1 aliphatic rings. The SMILES string of the molecule is CC1CCCN(C(=O)N[C@H](C(=O)O)C(C)(C)C)C1C. The average Bonchev–Trinajstić information content (AvgIpc) is 2.27. The zero-order valence-corrected chi connectivity index (χ0v) is 12.6. The highest BCUT2D eigenvalue weighted by Gasteiger charge is 2.36. The Morgan fingerprint density at radius 3 is 2.37 bits per heavy atom. The van der Waals surface area contributed by atoms with Gasteiger partial charge in [-0.2, -0.15) is 0 Å². The summed E-state index contributed by atoms with van der Waals surface area (Å²) in [6, 6.07) is -0.978. The van der Waals surface area contributed by atoms with E-state index < -0.39 is 17.4 Å². The molecule has 1 heterocycles. The van der Waals surface area contributed by atoms with Gasteiger partial charge in [0, 0.05) is 12.6 Å². The van der Waals surface area contributed by atoms with Gasteiger partial charge in [-0.15, -0.1) is 0 Å². The van der Waals surface area contributed by atoms with Gasteiger partial charge in [-0.1, -0.05) is 27.7 Å². The van der Waals surface area contributed by atoms with Gasteiger partial charge in [0.05, 0.1) is 0 Å². The van der Waals surface area contributed by atoms with Crippen LogP contribution >= 0.6 is 0 Å². The average molecular weight is 270 g/mol. The molecule has 0 aromatic carbocycles. The van der Waals surface area contributed by atoms with Crippen molar-refractivity contribution in [1.82, 2.24) is 10.2 Å². The summed E-state index contributed by atoms with van der Waals surface area (Å²) in [7, 11) is 0. The number of carboxylic acid groups (broad SMARTS) is 1. The second-order valence-electron chi connectivity index (χ2n) is 6.64. The molecule has 110 valence electrons. The highest BCUT2D eigenvalue weighted by atomic mass is 16.4. The number of hydrogen-bond donors (Lipinski definition) is 2. The Bertz CT molecular complexity index is 349. The first-order valence-electron chi connectivity index (χ1n) is 6.94. The number of nitrogens with one attached hydrogen (secondary N) is 1. The monoisotopic (exact) mass is 270 g/mol. The number of likely N-dealkylation sites (tertiary alicyclic amines) is 1. The molecule has 19 heavy (non-hydrogen) atoms. The Labute approximate surface area is 115 Å². The minimum Gasteiger partial charge on any atom is -0.480 e. The van der Waals surface area contributed by atoms with E-state index in [1.807, 2.05) is 27.7 Å². The fourth-order valence-corrected chi connectivity index (χ4v) is 2.48. The second kappa shape index (κ2) is 5.80. The Hall–Kier alpha value is -1.26. The first kappa shape index (κ1) is 15.8. The van der Waals surface area contributed by atoms with Crippen molar-refractivity contribution in [3.05, 3.63) is 0 Å². The van der Waals surface area contributed by atoms with E-state index in [2.05, 4.69) is 12.2 Å². The number of carboxylic acids is 1. The topological polar surface area (TPSA) is 69.6 Å². The Balaban J connectivity index is 2.75. The number of amides is 2. The third kappa shape index (κ3) is 3.85. The molecule has 0 radical (unpaired) electrons. The maximum Gasteiger partial charge on any atom is 0.326 e. The van der Waals surface area contributed by atoms with Crippen molar-refractivity contribution < 1.29 is 14.7 Å². The molecule has 0 bridgehead atoms. The summed E-state index contributed by atoms with van der Waals surface area (Å²) in [5.41, 5.74) is -0.508.